The summed E-state index contributed by atoms with van der Waals surface area (Å²) in [5, 5.41) is 20.8. The maximum atomic E-state index is 11.8. The summed E-state index contributed by atoms with van der Waals surface area (Å²) in [5.74, 6) is -1.35. The van der Waals surface area contributed by atoms with Crippen molar-refractivity contribution < 1.29 is 19.7 Å². The first-order valence-electron chi connectivity index (χ1n) is 7.06. The second kappa shape index (κ2) is 6.62. The van der Waals surface area contributed by atoms with Gasteiger partial charge in [-0.25, -0.2) is 4.79 Å². The van der Waals surface area contributed by atoms with E-state index in [1.807, 2.05) is 50.2 Å². The Hall–Kier alpha value is -2.33. The van der Waals surface area contributed by atoms with Gasteiger partial charge in [-0.2, -0.15) is 0 Å². The summed E-state index contributed by atoms with van der Waals surface area (Å²) in [5.41, 5.74) is 3.00. The van der Waals surface area contributed by atoms with Gasteiger partial charge in [0.15, 0.2) is 6.10 Å². The molecule has 0 aliphatic carbocycles. The molecule has 2 aromatic carbocycles. The second-order valence-corrected chi connectivity index (χ2v) is 5.37. The number of aliphatic hydroxyl groups is 1. The van der Waals surface area contributed by atoms with Crippen molar-refractivity contribution in [2.75, 3.05) is 7.11 Å². The summed E-state index contributed by atoms with van der Waals surface area (Å²) in [4.78, 5) is 11.8. The minimum Gasteiger partial charge on any atom is -0.508 e. The average Bonchev–Trinajstić information content (AvgIpc) is 2.50. The van der Waals surface area contributed by atoms with Crippen molar-refractivity contribution in [2.24, 2.45) is 0 Å². The first-order valence-corrected chi connectivity index (χ1v) is 7.06. The number of ether oxygens (including phenoxy) is 1. The van der Waals surface area contributed by atoms with E-state index in [2.05, 4.69) is 4.74 Å². The lowest BCUT2D eigenvalue weighted by molar-refractivity contribution is -0.151. The van der Waals surface area contributed by atoms with Crippen LogP contribution in [0.2, 0.25) is 0 Å². The van der Waals surface area contributed by atoms with Gasteiger partial charge >= 0.3 is 5.97 Å². The Balaban J connectivity index is 2.62. The topological polar surface area (TPSA) is 66.8 Å². The highest BCUT2D eigenvalue weighted by atomic mass is 16.5. The number of benzene rings is 2. The number of hydrogen-bond donors (Lipinski definition) is 2. The second-order valence-electron chi connectivity index (χ2n) is 5.37. The Labute approximate surface area is 130 Å². The standard InChI is InChI=1S/C18H20O4/c1-11-9-12(2)15(14(19)10-11)16(17(20)18(21)22-3)13-7-5-4-6-8-13/h4-10,16-17,19-20H,1-3H3/t16-,17-/m1/s1. The Bertz CT molecular complexity index is 641. The molecule has 4 heteroatoms. The van der Waals surface area contributed by atoms with E-state index in [1.165, 1.54) is 7.11 Å². The third-order valence-electron chi connectivity index (χ3n) is 3.74. The van der Waals surface area contributed by atoms with Gasteiger partial charge in [-0.1, -0.05) is 36.4 Å². The largest absolute Gasteiger partial charge is 0.508 e. The molecule has 4 nitrogen and oxygen atoms in total. The Morgan fingerprint density at radius 1 is 1.14 bits per heavy atom. The highest BCUT2D eigenvalue weighted by Crippen LogP contribution is 2.37. The lowest BCUT2D eigenvalue weighted by Crippen LogP contribution is -2.30. The molecule has 22 heavy (non-hydrogen) atoms. The number of methoxy groups -OCH3 is 1. The number of rotatable bonds is 4. The number of carbonyl (C=O) groups excluding carboxylic acids is 1. The lowest BCUT2D eigenvalue weighted by Gasteiger charge is -2.25. The molecule has 0 saturated heterocycles. The average molecular weight is 300 g/mol. The van der Waals surface area contributed by atoms with Crippen LogP contribution in [0.1, 0.15) is 28.2 Å². The molecular weight excluding hydrogens is 280 g/mol. The molecule has 0 aromatic heterocycles. The van der Waals surface area contributed by atoms with Crippen molar-refractivity contribution >= 4 is 5.97 Å². The molecular formula is C18H20O4. The zero-order chi connectivity index (χ0) is 16.3. The molecule has 0 saturated carbocycles. The molecule has 0 amide bonds. The van der Waals surface area contributed by atoms with Crippen molar-refractivity contribution in [1.82, 2.24) is 0 Å². The SMILES string of the molecule is COC(=O)[C@H](O)[C@H](c1ccccc1)c1c(C)cc(C)cc1O. The van der Waals surface area contributed by atoms with Gasteiger partial charge in [-0.3, -0.25) is 0 Å². The van der Waals surface area contributed by atoms with Crippen LogP contribution in [0.5, 0.6) is 5.75 Å². The third-order valence-corrected chi connectivity index (χ3v) is 3.74. The quantitative estimate of drug-likeness (QED) is 0.852. The van der Waals surface area contributed by atoms with Gasteiger partial charge in [0.05, 0.1) is 7.11 Å². The summed E-state index contributed by atoms with van der Waals surface area (Å²) in [6, 6.07) is 12.7. The number of carbonyl (C=O) groups is 1. The van der Waals surface area contributed by atoms with Crippen LogP contribution in [0.4, 0.5) is 0 Å². The first-order chi connectivity index (χ1) is 10.5. The molecule has 2 atom stereocenters. The normalized spacial score (nSPS) is 13.5. The zero-order valence-electron chi connectivity index (χ0n) is 12.9. The van der Waals surface area contributed by atoms with E-state index < -0.39 is 18.0 Å². The Morgan fingerprint density at radius 3 is 2.32 bits per heavy atom. The van der Waals surface area contributed by atoms with Gasteiger partial charge in [0.1, 0.15) is 5.75 Å². The maximum absolute atomic E-state index is 11.8. The fourth-order valence-corrected chi connectivity index (χ4v) is 2.78. The Morgan fingerprint density at radius 2 is 1.77 bits per heavy atom. The maximum Gasteiger partial charge on any atom is 0.335 e. The highest BCUT2D eigenvalue weighted by molar-refractivity contribution is 5.77. The summed E-state index contributed by atoms with van der Waals surface area (Å²) >= 11 is 0. The van der Waals surface area contributed by atoms with Crippen molar-refractivity contribution in [3.63, 3.8) is 0 Å². The molecule has 0 fully saturated rings. The van der Waals surface area contributed by atoms with E-state index in [1.54, 1.807) is 6.07 Å². The molecule has 0 aliphatic rings. The number of esters is 1. The van der Waals surface area contributed by atoms with Crippen molar-refractivity contribution in [3.8, 4) is 5.75 Å². The van der Waals surface area contributed by atoms with Crippen LogP contribution in [-0.2, 0) is 9.53 Å². The van der Waals surface area contributed by atoms with E-state index >= 15 is 0 Å². The lowest BCUT2D eigenvalue weighted by atomic mass is 9.83. The van der Waals surface area contributed by atoms with E-state index in [9.17, 15) is 15.0 Å². The van der Waals surface area contributed by atoms with E-state index in [0.29, 0.717) is 5.56 Å². The van der Waals surface area contributed by atoms with Gasteiger partial charge in [0.2, 0.25) is 0 Å². The molecule has 0 heterocycles. The van der Waals surface area contributed by atoms with Crippen LogP contribution in [0.3, 0.4) is 0 Å². The molecule has 2 rings (SSSR count). The van der Waals surface area contributed by atoms with Crippen LogP contribution >= 0.6 is 0 Å². The number of phenolic OH excluding ortho intramolecular Hbond substituents is 1. The van der Waals surface area contributed by atoms with Crippen LogP contribution in [-0.4, -0.2) is 29.4 Å². The fourth-order valence-electron chi connectivity index (χ4n) is 2.78. The van der Waals surface area contributed by atoms with Gasteiger partial charge in [-0.05, 0) is 36.6 Å². The zero-order valence-corrected chi connectivity index (χ0v) is 12.9. The summed E-state index contributed by atoms with van der Waals surface area (Å²) < 4.78 is 4.67. The summed E-state index contributed by atoms with van der Waals surface area (Å²) in [7, 11) is 1.23. The molecule has 2 N–H and O–H groups in total. The smallest absolute Gasteiger partial charge is 0.335 e. The fraction of sp³-hybridized carbons (Fsp3) is 0.278. The van der Waals surface area contributed by atoms with Gasteiger partial charge in [0, 0.05) is 11.5 Å². The molecule has 0 bridgehead atoms. The highest BCUT2D eigenvalue weighted by Gasteiger charge is 2.32. The van der Waals surface area contributed by atoms with Gasteiger partial charge in [-0.15, -0.1) is 0 Å². The van der Waals surface area contributed by atoms with Gasteiger partial charge < -0.3 is 14.9 Å². The molecule has 2 aromatic rings. The minimum atomic E-state index is -1.39. The monoisotopic (exact) mass is 300 g/mol. The predicted molar refractivity (Wildman–Crippen MR) is 83.9 cm³/mol. The van der Waals surface area contributed by atoms with Crippen molar-refractivity contribution in [1.29, 1.82) is 0 Å². The molecule has 0 aliphatic heterocycles. The van der Waals surface area contributed by atoms with Gasteiger partial charge in [0.25, 0.3) is 0 Å². The number of aromatic hydroxyl groups is 1. The predicted octanol–water partition coefficient (Wildman–Crippen LogP) is 2.67. The van der Waals surface area contributed by atoms with Crippen LogP contribution in [0.25, 0.3) is 0 Å². The van der Waals surface area contributed by atoms with Crippen LogP contribution in [0.15, 0.2) is 42.5 Å². The van der Waals surface area contributed by atoms with E-state index in [0.717, 1.165) is 16.7 Å². The van der Waals surface area contributed by atoms with E-state index in [4.69, 9.17) is 0 Å². The first kappa shape index (κ1) is 16.0. The number of aliphatic hydroxyl groups excluding tert-OH is 1. The number of hydrogen-bond acceptors (Lipinski definition) is 4. The van der Waals surface area contributed by atoms with Crippen LogP contribution in [0, 0.1) is 13.8 Å². The summed E-state index contributed by atoms with van der Waals surface area (Å²) in [6.07, 6.45) is -1.39. The number of aryl methyl sites for hydroxylation is 2. The third kappa shape index (κ3) is 3.12. The molecule has 0 radical (unpaired) electrons. The molecule has 0 spiro atoms. The van der Waals surface area contributed by atoms with Crippen LogP contribution < -0.4 is 0 Å². The van der Waals surface area contributed by atoms with Crippen molar-refractivity contribution in [3.05, 3.63) is 64.7 Å². The molecule has 116 valence electrons. The van der Waals surface area contributed by atoms with E-state index in [-0.39, 0.29) is 5.75 Å². The minimum absolute atomic E-state index is 0.0642. The molecule has 0 unspecified atom stereocenters. The van der Waals surface area contributed by atoms with Crippen molar-refractivity contribution in [2.45, 2.75) is 25.9 Å². The summed E-state index contributed by atoms with van der Waals surface area (Å²) in [6.45, 7) is 3.73. The Kier molecular flexibility index (Phi) is 4.83. The number of phenols is 1.